The fourth-order valence-corrected chi connectivity index (χ4v) is 1.75. The maximum absolute atomic E-state index is 11.1. The maximum atomic E-state index is 11.1. The van der Waals surface area contributed by atoms with Gasteiger partial charge in [-0.05, 0) is 25.8 Å². The number of nitrogens with one attached hydrogen (secondary N) is 2. The van der Waals surface area contributed by atoms with Crippen LogP contribution in [0.3, 0.4) is 0 Å². The smallest absolute Gasteiger partial charge is 0.276 e. The number of unbranched alkanes of at least 4 members (excludes halogenated alkanes) is 1. The molecule has 0 aliphatic rings. The first kappa shape index (κ1) is 12.8. The number of rotatable bonds is 8. The molecule has 0 aromatic rings. The summed E-state index contributed by atoms with van der Waals surface area (Å²) < 4.78 is 27.0. The van der Waals surface area contributed by atoms with Crippen LogP contribution in [0.1, 0.15) is 26.2 Å². The Morgan fingerprint density at radius 1 is 1.15 bits per heavy atom. The second kappa shape index (κ2) is 7.25. The molecule has 0 saturated carbocycles. The maximum Gasteiger partial charge on any atom is 0.276 e. The van der Waals surface area contributed by atoms with E-state index in [0.29, 0.717) is 19.6 Å². The Morgan fingerprint density at radius 3 is 2.31 bits per heavy atom. The summed E-state index contributed by atoms with van der Waals surface area (Å²) in [6.07, 6.45) is 2.42. The summed E-state index contributed by atoms with van der Waals surface area (Å²) in [7, 11) is -3.27. The molecule has 0 aromatic carbocycles. The lowest BCUT2D eigenvalue weighted by Gasteiger charge is -2.06. The first-order chi connectivity index (χ1) is 6.12. The molecule has 6 heteroatoms. The molecule has 0 saturated heterocycles. The van der Waals surface area contributed by atoms with E-state index in [1.165, 1.54) is 0 Å². The Morgan fingerprint density at radius 2 is 1.77 bits per heavy atom. The summed E-state index contributed by atoms with van der Waals surface area (Å²) in [4.78, 5) is 0. The van der Waals surface area contributed by atoms with Crippen molar-refractivity contribution in [3.8, 4) is 0 Å². The van der Waals surface area contributed by atoms with Crippen molar-refractivity contribution in [2.45, 2.75) is 26.2 Å². The molecule has 0 aromatic heterocycles. The van der Waals surface area contributed by atoms with E-state index in [1.807, 2.05) is 6.92 Å². The summed E-state index contributed by atoms with van der Waals surface area (Å²) >= 11 is 0. The molecular weight excluding hydrogens is 190 g/mol. The van der Waals surface area contributed by atoms with Gasteiger partial charge in [-0.25, -0.2) is 9.44 Å². The van der Waals surface area contributed by atoms with E-state index < -0.39 is 10.2 Å². The number of nitrogens with two attached hydrogens (primary N) is 1. The Labute approximate surface area is 80.3 Å². The summed E-state index contributed by atoms with van der Waals surface area (Å²) in [6, 6.07) is 0. The zero-order chi connectivity index (χ0) is 10.2. The molecule has 0 bridgehead atoms. The van der Waals surface area contributed by atoms with Crippen LogP contribution in [0.4, 0.5) is 0 Å². The van der Waals surface area contributed by atoms with Crippen LogP contribution in [0, 0.1) is 0 Å². The molecule has 0 amide bonds. The van der Waals surface area contributed by atoms with Crippen LogP contribution in [-0.2, 0) is 10.2 Å². The SMILES string of the molecule is CCCNS(=O)(=O)NCCCCN. The summed E-state index contributed by atoms with van der Waals surface area (Å²) in [5.74, 6) is 0. The van der Waals surface area contributed by atoms with Crippen LogP contribution < -0.4 is 15.2 Å². The third-order valence-corrected chi connectivity index (χ3v) is 2.63. The van der Waals surface area contributed by atoms with E-state index >= 15 is 0 Å². The Hall–Kier alpha value is -0.170. The molecule has 0 spiro atoms. The molecule has 0 aliphatic heterocycles. The lowest BCUT2D eigenvalue weighted by atomic mass is 10.3. The highest BCUT2D eigenvalue weighted by Gasteiger charge is 2.05. The molecule has 80 valence electrons. The second-order valence-electron chi connectivity index (χ2n) is 2.79. The van der Waals surface area contributed by atoms with Crippen molar-refractivity contribution >= 4 is 10.2 Å². The molecular formula is C7H19N3O2S. The van der Waals surface area contributed by atoms with E-state index in [4.69, 9.17) is 5.73 Å². The Bertz CT molecular complexity index is 204. The molecule has 13 heavy (non-hydrogen) atoms. The lowest BCUT2D eigenvalue weighted by molar-refractivity contribution is 0.561. The largest absolute Gasteiger partial charge is 0.330 e. The average Bonchev–Trinajstić information content (AvgIpc) is 2.09. The Kier molecular flexibility index (Phi) is 7.16. The van der Waals surface area contributed by atoms with E-state index in [0.717, 1.165) is 19.3 Å². The van der Waals surface area contributed by atoms with Gasteiger partial charge >= 0.3 is 0 Å². The van der Waals surface area contributed by atoms with Crippen molar-refractivity contribution in [2.75, 3.05) is 19.6 Å². The topological polar surface area (TPSA) is 84.2 Å². The van der Waals surface area contributed by atoms with Gasteiger partial charge in [-0.3, -0.25) is 0 Å². The van der Waals surface area contributed by atoms with E-state index in [9.17, 15) is 8.42 Å². The monoisotopic (exact) mass is 209 g/mol. The van der Waals surface area contributed by atoms with Gasteiger partial charge in [0.05, 0.1) is 0 Å². The van der Waals surface area contributed by atoms with Gasteiger partial charge in [-0.1, -0.05) is 6.92 Å². The second-order valence-corrected chi connectivity index (χ2v) is 4.37. The predicted molar refractivity (Wildman–Crippen MR) is 53.5 cm³/mol. The van der Waals surface area contributed by atoms with E-state index in [2.05, 4.69) is 9.44 Å². The van der Waals surface area contributed by atoms with Crippen LogP contribution in [0.15, 0.2) is 0 Å². The fraction of sp³-hybridized carbons (Fsp3) is 1.00. The van der Waals surface area contributed by atoms with Gasteiger partial charge in [0.2, 0.25) is 0 Å². The van der Waals surface area contributed by atoms with Gasteiger partial charge in [0.15, 0.2) is 0 Å². The van der Waals surface area contributed by atoms with Crippen LogP contribution in [0.2, 0.25) is 0 Å². The van der Waals surface area contributed by atoms with Gasteiger partial charge in [0.25, 0.3) is 10.2 Å². The minimum absolute atomic E-state index is 0.455. The van der Waals surface area contributed by atoms with Crippen LogP contribution >= 0.6 is 0 Å². The van der Waals surface area contributed by atoms with Crippen molar-refractivity contribution in [2.24, 2.45) is 5.73 Å². The average molecular weight is 209 g/mol. The lowest BCUT2D eigenvalue weighted by Crippen LogP contribution is -2.37. The van der Waals surface area contributed by atoms with Crippen LogP contribution in [-0.4, -0.2) is 28.1 Å². The molecule has 0 heterocycles. The summed E-state index contributed by atoms with van der Waals surface area (Å²) in [5.41, 5.74) is 5.27. The van der Waals surface area contributed by atoms with Crippen LogP contribution in [0.25, 0.3) is 0 Å². The first-order valence-corrected chi connectivity index (χ1v) is 6.05. The molecule has 4 N–H and O–H groups in total. The van der Waals surface area contributed by atoms with Gasteiger partial charge in [0, 0.05) is 13.1 Å². The predicted octanol–water partition coefficient (Wildman–Crippen LogP) is -0.441. The van der Waals surface area contributed by atoms with Crippen molar-refractivity contribution in [1.29, 1.82) is 0 Å². The third kappa shape index (κ3) is 8.17. The highest BCUT2D eigenvalue weighted by Crippen LogP contribution is 1.85. The van der Waals surface area contributed by atoms with Crippen molar-refractivity contribution < 1.29 is 8.42 Å². The summed E-state index contributed by atoms with van der Waals surface area (Å²) in [5, 5.41) is 0. The standard InChI is InChI=1S/C7H19N3O2S/c1-2-6-9-13(11,12)10-7-4-3-5-8/h9-10H,2-8H2,1H3. The van der Waals surface area contributed by atoms with Crippen molar-refractivity contribution in [3.05, 3.63) is 0 Å². The molecule has 0 radical (unpaired) electrons. The van der Waals surface area contributed by atoms with Gasteiger partial charge in [0.1, 0.15) is 0 Å². The molecule has 0 atom stereocenters. The number of hydrogen-bond donors (Lipinski definition) is 3. The van der Waals surface area contributed by atoms with Crippen molar-refractivity contribution in [1.82, 2.24) is 9.44 Å². The zero-order valence-electron chi connectivity index (χ0n) is 8.04. The van der Waals surface area contributed by atoms with Crippen LogP contribution in [0.5, 0.6) is 0 Å². The van der Waals surface area contributed by atoms with Gasteiger partial charge in [-0.2, -0.15) is 8.42 Å². The van der Waals surface area contributed by atoms with Gasteiger partial charge in [-0.15, -0.1) is 0 Å². The minimum atomic E-state index is -3.27. The fourth-order valence-electron chi connectivity index (χ4n) is 0.763. The molecule has 0 rings (SSSR count). The zero-order valence-corrected chi connectivity index (χ0v) is 8.86. The normalized spacial score (nSPS) is 11.8. The minimum Gasteiger partial charge on any atom is -0.330 e. The molecule has 0 unspecified atom stereocenters. The van der Waals surface area contributed by atoms with E-state index in [-0.39, 0.29) is 0 Å². The third-order valence-electron chi connectivity index (χ3n) is 1.47. The highest BCUT2D eigenvalue weighted by molar-refractivity contribution is 7.87. The summed E-state index contributed by atoms with van der Waals surface area (Å²) in [6.45, 7) is 3.45. The van der Waals surface area contributed by atoms with Crippen molar-refractivity contribution in [3.63, 3.8) is 0 Å². The van der Waals surface area contributed by atoms with Gasteiger partial charge < -0.3 is 5.73 Å². The highest BCUT2D eigenvalue weighted by atomic mass is 32.2. The quantitative estimate of drug-likeness (QED) is 0.474. The molecule has 0 aliphatic carbocycles. The van der Waals surface area contributed by atoms with E-state index in [1.54, 1.807) is 0 Å². The first-order valence-electron chi connectivity index (χ1n) is 4.56. The molecule has 0 fully saturated rings. The Balaban J connectivity index is 3.52. The number of hydrogen-bond acceptors (Lipinski definition) is 3. The molecule has 5 nitrogen and oxygen atoms in total.